The molecule has 3 N–H and O–H groups in total. The fraction of sp³-hybridized carbons (Fsp3) is 0.571. The van der Waals surface area contributed by atoms with Crippen molar-refractivity contribution in [2.24, 2.45) is 17.1 Å². The lowest BCUT2D eigenvalue weighted by Gasteiger charge is -2.43. The van der Waals surface area contributed by atoms with Crippen molar-refractivity contribution in [3.05, 3.63) is 39.8 Å². The SMILES string of the molecule is CCC(N)C1(CC)CCC(COc2cc3cc[nH]c(=O)c3cc2Cl)CC1. The number of hydrogen-bond donors (Lipinski definition) is 2. The molecule has 1 atom stereocenters. The molecule has 1 aliphatic rings. The van der Waals surface area contributed by atoms with E-state index in [0.29, 0.717) is 40.1 Å². The summed E-state index contributed by atoms with van der Waals surface area (Å²) in [5.74, 6) is 1.19. The highest BCUT2D eigenvalue weighted by molar-refractivity contribution is 6.32. The second-order valence-electron chi connectivity index (χ2n) is 7.66. The second-order valence-corrected chi connectivity index (χ2v) is 8.07. The topological polar surface area (TPSA) is 68.1 Å². The molecule has 0 saturated heterocycles. The molecule has 1 aromatic heterocycles. The van der Waals surface area contributed by atoms with Gasteiger partial charge in [0.2, 0.25) is 0 Å². The van der Waals surface area contributed by atoms with E-state index >= 15 is 0 Å². The summed E-state index contributed by atoms with van der Waals surface area (Å²) in [6.45, 7) is 5.11. The minimum atomic E-state index is -0.133. The number of nitrogens with two attached hydrogens (primary N) is 1. The summed E-state index contributed by atoms with van der Waals surface area (Å²) >= 11 is 6.33. The number of aromatic nitrogens is 1. The Morgan fingerprint density at radius 2 is 2.08 bits per heavy atom. The molecule has 1 aromatic carbocycles. The first-order valence-electron chi connectivity index (χ1n) is 9.68. The standard InChI is InChI=1S/C21H29ClN2O2/c1-3-19(23)21(4-2)8-5-14(6-9-21)13-26-18-11-15-7-10-24-20(25)16(15)12-17(18)22/h7,10-12,14,19H,3-6,8-9,13,23H2,1-2H3,(H,24,25). The van der Waals surface area contributed by atoms with E-state index in [9.17, 15) is 4.79 Å². The van der Waals surface area contributed by atoms with Crippen LogP contribution < -0.4 is 16.0 Å². The lowest BCUT2D eigenvalue weighted by Crippen LogP contribution is -2.44. The van der Waals surface area contributed by atoms with Crippen molar-refractivity contribution in [2.75, 3.05) is 6.61 Å². The third kappa shape index (κ3) is 3.77. The first-order valence-corrected chi connectivity index (χ1v) is 10.1. The van der Waals surface area contributed by atoms with E-state index in [1.165, 1.54) is 12.8 Å². The molecule has 0 bridgehead atoms. The average Bonchev–Trinajstić information content (AvgIpc) is 2.67. The lowest BCUT2D eigenvalue weighted by molar-refractivity contribution is 0.0849. The maximum atomic E-state index is 11.9. The molecule has 1 aliphatic carbocycles. The van der Waals surface area contributed by atoms with Gasteiger partial charge in [0.1, 0.15) is 5.75 Å². The van der Waals surface area contributed by atoms with Gasteiger partial charge >= 0.3 is 0 Å². The Labute approximate surface area is 160 Å². The summed E-state index contributed by atoms with van der Waals surface area (Å²) in [5.41, 5.74) is 6.58. The Morgan fingerprint density at radius 1 is 1.35 bits per heavy atom. The van der Waals surface area contributed by atoms with Crippen LogP contribution in [0.25, 0.3) is 10.8 Å². The third-order valence-corrected chi connectivity index (χ3v) is 6.63. The van der Waals surface area contributed by atoms with Gasteiger partial charge in [0, 0.05) is 17.6 Å². The summed E-state index contributed by atoms with van der Waals surface area (Å²) < 4.78 is 6.04. The number of halogens is 1. The van der Waals surface area contributed by atoms with Crippen LogP contribution in [0.5, 0.6) is 5.75 Å². The summed E-state index contributed by atoms with van der Waals surface area (Å²) in [6.07, 6.45) is 8.48. The second kappa shape index (κ2) is 8.01. The van der Waals surface area contributed by atoms with Crippen LogP contribution in [0.4, 0.5) is 0 Å². The Bertz CT molecular complexity index is 809. The quantitative estimate of drug-likeness (QED) is 0.754. The van der Waals surface area contributed by atoms with Gasteiger partial charge in [0.25, 0.3) is 5.56 Å². The first kappa shape index (κ1) is 19.2. The summed E-state index contributed by atoms with van der Waals surface area (Å²) in [7, 11) is 0. The van der Waals surface area contributed by atoms with E-state index in [-0.39, 0.29) is 5.56 Å². The van der Waals surface area contributed by atoms with E-state index < -0.39 is 0 Å². The largest absolute Gasteiger partial charge is 0.492 e. The number of ether oxygens (including phenoxy) is 1. The molecule has 3 rings (SSSR count). The van der Waals surface area contributed by atoms with Crippen LogP contribution in [0.15, 0.2) is 29.2 Å². The van der Waals surface area contributed by atoms with Crippen LogP contribution in [0, 0.1) is 11.3 Å². The molecule has 0 aliphatic heterocycles. The van der Waals surface area contributed by atoms with Crippen molar-refractivity contribution in [3.8, 4) is 5.75 Å². The first-order chi connectivity index (χ1) is 12.5. The molecule has 26 heavy (non-hydrogen) atoms. The molecule has 1 unspecified atom stereocenters. The van der Waals surface area contributed by atoms with Crippen LogP contribution >= 0.6 is 11.6 Å². The van der Waals surface area contributed by atoms with Gasteiger partial charge in [-0.3, -0.25) is 4.79 Å². The number of hydrogen-bond acceptors (Lipinski definition) is 3. The normalized spacial score (nSPS) is 24.5. The smallest absolute Gasteiger partial charge is 0.255 e. The van der Waals surface area contributed by atoms with Crippen molar-refractivity contribution in [1.29, 1.82) is 0 Å². The number of fused-ring (bicyclic) bond motifs is 1. The predicted molar refractivity (Wildman–Crippen MR) is 108 cm³/mol. The zero-order valence-corrected chi connectivity index (χ0v) is 16.4. The number of benzene rings is 1. The molecule has 0 amide bonds. The van der Waals surface area contributed by atoms with Crippen LogP contribution in [-0.2, 0) is 0 Å². The van der Waals surface area contributed by atoms with Gasteiger partial charge in [-0.15, -0.1) is 0 Å². The van der Waals surface area contributed by atoms with E-state index in [0.717, 1.165) is 31.1 Å². The number of aromatic amines is 1. The fourth-order valence-electron chi connectivity index (χ4n) is 4.35. The fourth-order valence-corrected chi connectivity index (χ4v) is 4.56. The molecule has 1 fully saturated rings. The average molecular weight is 377 g/mol. The summed E-state index contributed by atoms with van der Waals surface area (Å²) in [5, 5.41) is 1.92. The van der Waals surface area contributed by atoms with Gasteiger partial charge < -0.3 is 15.5 Å². The molecule has 142 valence electrons. The number of rotatable bonds is 6. The van der Waals surface area contributed by atoms with Crippen molar-refractivity contribution in [1.82, 2.24) is 4.98 Å². The zero-order valence-electron chi connectivity index (χ0n) is 15.7. The van der Waals surface area contributed by atoms with E-state index in [4.69, 9.17) is 22.1 Å². The highest BCUT2D eigenvalue weighted by Crippen LogP contribution is 2.44. The predicted octanol–water partition coefficient (Wildman–Crippen LogP) is 4.88. The molecule has 2 aromatic rings. The highest BCUT2D eigenvalue weighted by Gasteiger charge is 2.38. The lowest BCUT2D eigenvalue weighted by atomic mass is 9.64. The zero-order chi connectivity index (χ0) is 18.7. The van der Waals surface area contributed by atoms with Crippen molar-refractivity contribution >= 4 is 22.4 Å². The van der Waals surface area contributed by atoms with E-state index in [2.05, 4.69) is 18.8 Å². The minimum Gasteiger partial charge on any atom is -0.492 e. The molecular formula is C21H29ClN2O2. The van der Waals surface area contributed by atoms with Crippen LogP contribution in [0.3, 0.4) is 0 Å². The van der Waals surface area contributed by atoms with Gasteiger partial charge in [0.15, 0.2) is 0 Å². The Kier molecular flexibility index (Phi) is 5.93. The van der Waals surface area contributed by atoms with Gasteiger partial charge in [-0.1, -0.05) is 25.4 Å². The maximum absolute atomic E-state index is 11.9. The van der Waals surface area contributed by atoms with Gasteiger partial charge in [-0.05, 0) is 73.4 Å². The third-order valence-electron chi connectivity index (χ3n) is 6.33. The van der Waals surface area contributed by atoms with Crippen molar-refractivity contribution in [2.45, 2.75) is 58.4 Å². The van der Waals surface area contributed by atoms with Crippen molar-refractivity contribution < 1.29 is 4.74 Å². The van der Waals surface area contributed by atoms with E-state index in [1.54, 1.807) is 12.3 Å². The van der Waals surface area contributed by atoms with Gasteiger partial charge in [-0.2, -0.15) is 0 Å². The Hall–Kier alpha value is -1.52. The number of pyridine rings is 1. The van der Waals surface area contributed by atoms with E-state index in [1.807, 2.05) is 12.1 Å². The summed E-state index contributed by atoms with van der Waals surface area (Å²) in [6, 6.07) is 5.71. The molecular weight excluding hydrogens is 348 g/mol. The van der Waals surface area contributed by atoms with Crippen molar-refractivity contribution in [3.63, 3.8) is 0 Å². The van der Waals surface area contributed by atoms with Crippen LogP contribution in [0.1, 0.15) is 52.4 Å². The molecule has 4 nitrogen and oxygen atoms in total. The molecule has 0 radical (unpaired) electrons. The Morgan fingerprint density at radius 3 is 2.73 bits per heavy atom. The molecule has 1 saturated carbocycles. The molecule has 5 heteroatoms. The number of nitrogens with one attached hydrogen (secondary N) is 1. The minimum absolute atomic E-state index is 0.133. The van der Waals surface area contributed by atoms with Crippen LogP contribution in [0.2, 0.25) is 5.02 Å². The molecule has 0 spiro atoms. The maximum Gasteiger partial charge on any atom is 0.255 e. The monoisotopic (exact) mass is 376 g/mol. The van der Waals surface area contributed by atoms with Gasteiger partial charge in [-0.25, -0.2) is 0 Å². The Balaban J connectivity index is 1.65. The highest BCUT2D eigenvalue weighted by atomic mass is 35.5. The number of H-pyrrole nitrogens is 1. The molecule has 1 heterocycles. The summed E-state index contributed by atoms with van der Waals surface area (Å²) in [4.78, 5) is 14.5. The van der Waals surface area contributed by atoms with Gasteiger partial charge in [0.05, 0.1) is 11.6 Å². The van der Waals surface area contributed by atoms with Crippen LogP contribution in [-0.4, -0.2) is 17.6 Å².